The molecule has 0 aromatic carbocycles. The third kappa shape index (κ3) is 2.44. The van der Waals surface area contributed by atoms with Gasteiger partial charge in [0.2, 0.25) is 0 Å². The molecule has 0 saturated carbocycles. The molecule has 1 atom stereocenters. The molecule has 4 nitrogen and oxygen atoms in total. The Kier molecular flexibility index (Phi) is 3.15. The van der Waals surface area contributed by atoms with Crippen LogP contribution < -0.4 is 11.3 Å². The number of nitrogens with two attached hydrogens (primary N) is 1. The first-order valence-corrected chi connectivity index (χ1v) is 5.58. The molecule has 3 N–H and O–H groups in total. The molecule has 0 bridgehead atoms. The number of nitrogens with zero attached hydrogens (tertiary/aromatic N) is 1. The number of hydrazine groups is 1. The zero-order valence-electron chi connectivity index (χ0n) is 8.43. The van der Waals surface area contributed by atoms with Gasteiger partial charge in [0.05, 0.1) is 23.0 Å². The van der Waals surface area contributed by atoms with Crippen LogP contribution in [0.2, 0.25) is 0 Å². The number of aromatic nitrogens is 1. The van der Waals surface area contributed by atoms with E-state index in [1.54, 1.807) is 17.6 Å². The highest BCUT2D eigenvalue weighted by Gasteiger charge is 2.14. The van der Waals surface area contributed by atoms with E-state index in [9.17, 15) is 0 Å². The Morgan fingerprint density at radius 2 is 2.53 bits per heavy atom. The van der Waals surface area contributed by atoms with Crippen molar-refractivity contribution in [2.75, 3.05) is 0 Å². The van der Waals surface area contributed by atoms with E-state index in [0.29, 0.717) is 6.42 Å². The highest BCUT2D eigenvalue weighted by Crippen LogP contribution is 2.19. The van der Waals surface area contributed by atoms with Crippen molar-refractivity contribution in [1.82, 2.24) is 10.4 Å². The summed E-state index contributed by atoms with van der Waals surface area (Å²) in [5.74, 6) is 6.41. The lowest BCUT2D eigenvalue weighted by atomic mass is 10.1. The lowest BCUT2D eigenvalue weighted by Crippen LogP contribution is -2.29. The van der Waals surface area contributed by atoms with Crippen LogP contribution in [-0.2, 0) is 6.42 Å². The fourth-order valence-corrected chi connectivity index (χ4v) is 2.09. The maximum atomic E-state index is 5.50. The SMILES string of the molecule is Cc1nc(C(Cc2ccco2)NN)cs1. The summed E-state index contributed by atoms with van der Waals surface area (Å²) in [5.41, 5.74) is 3.72. The Morgan fingerprint density at radius 3 is 3.07 bits per heavy atom. The Hall–Kier alpha value is -1.17. The maximum absolute atomic E-state index is 5.50. The molecule has 1 unspecified atom stereocenters. The van der Waals surface area contributed by atoms with Gasteiger partial charge in [0, 0.05) is 11.8 Å². The van der Waals surface area contributed by atoms with Crippen molar-refractivity contribution in [1.29, 1.82) is 0 Å². The van der Waals surface area contributed by atoms with Crippen LogP contribution in [0.4, 0.5) is 0 Å². The van der Waals surface area contributed by atoms with Gasteiger partial charge in [-0.3, -0.25) is 11.3 Å². The zero-order valence-corrected chi connectivity index (χ0v) is 9.25. The number of aryl methyl sites for hydroxylation is 1. The second-order valence-electron chi connectivity index (χ2n) is 3.29. The Morgan fingerprint density at radius 1 is 1.67 bits per heavy atom. The average molecular weight is 223 g/mol. The van der Waals surface area contributed by atoms with Gasteiger partial charge in [-0.15, -0.1) is 11.3 Å². The van der Waals surface area contributed by atoms with Gasteiger partial charge in [0.25, 0.3) is 0 Å². The highest BCUT2D eigenvalue weighted by molar-refractivity contribution is 7.09. The van der Waals surface area contributed by atoms with Crippen molar-refractivity contribution in [2.45, 2.75) is 19.4 Å². The van der Waals surface area contributed by atoms with E-state index in [-0.39, 0.29) is 6.04 Å². The van der Waals surface area contributed by atoms with Gasteiger partial charge >= 0.3 is 0 Å². The number of furan rings is 1. The normalized spacial score (nSPS) is 12.9. The van der Waals surface area contributed by atoms with Crippen molar-refractivity contribution in [3.8, 4) is 0 Å². The van der Waals surface area contributed by atoms with E-state index in [2.05, 4.69) is 10.4 Å². The molecular formula is C10H13N3OS. The van der Waals surface area contributed by atoms with Gasteiger partial charge in [-0.05, 0) is 19.1 Å². The maximum Gasteiger partial charge on any atom is 0.105 e. The fourth-order valence-electron chi connectivity index (χ4n) is 1.42. The summed E-state index contributed by atoms with van der Waals surface area (Å²) in [5, 5.41) is 3.06. The molecule has 0 fully saturated rings. The molecule has 0 radical (unpaired) electrons. The lowest BCUT2D eigenvalue weighted by molar-refractivity contribution is 0.450. The van der Waals surface area contributed by atoms with Crippen molar-refractivity contribution < 1.29 is 4.42 Å². The number of nitrogens with one attached hydrogen (secondary N) is 1. The van der Waals surface area contributed by atoms with Crippen LogP contribution in [0.1, 0.15) is 22.5 Å². The number of hydrogen-bond donors (Lipinski definition) is 2. The molecule has 0 amide bonds. The molecule has 0 aliphatic heterocycles. The molecular weight excluding hydrogens is 210 g/mol. The van der Waals surface area contributed by atoms with E-state index >= 15 is 0 Å². The summed E-state index contributed by atoms with van der Waals surface area (Å²) in [7, 11) is 0. The minimum absolute atomic E-state index is 0.0149. The quantitative estimate of drug-likeness (QED) is 0.612. The van der Waals surface area contributed by atoms with Gasteiger partial charge in [0.15, 0.2) is 0 Å². The van der Waals surface area contributed by atoms with Crippen molar-refractivity contribution in [2.24, 2.45) is 5.84 Å². The summed E-state index contributed by atoms with van der Waals surface area (Å²) in [6.45, 7) is 1.98. The molecule has 80 valence electrons. The molecule has 15 heavy (non-hydrogen) atoms. The minimum Gasteiger partial charge on any atom is -0.469 e. The number of hydrogen-bond acceptors (Lipinski definition) is 5. The third-order valence-corrected chi connectivity index (χ3v) is 2.97. The van der Waals surface area contributed by atoms with Gasteiger partial charge in [-0.25, -0.2) is 4.98 Å². The number of thiazole rings is 1. The third-order valence-electron chi connectivity index (χ3n) is 2.18. The first kappa shape index (κ1) is 10.4. The molecule has 2 aromatic rings. The van der Waals surface area contributed by atoms with Crippen LogP contribution in [0.25, 0.3) is 0 Å². The summed E-state index contributed by atoms with van der Waals surface area (Å²) >= 11 is 1.62. The minimum atomic E-state index is 0.0149. The van der Waals surface area contributed by atoms with Crippen LogP contribution in [0.15, 0.2) is 28.2 Å². The van der Waals surface area contributed by atoms with Crippen LogP contribution >= 0.6 is 11.3 Å². The van der Waals surface area contributed by atoms with Crippen LogP contribution in [0, 0.1) is 6.92 Å². The Balaban J connectivity index is 2.11. The largest absolute Gasteiger partial charge is 0.469 e. The van der Waals surface area contributed by atoms with Crippen molar-refractivity contribution in [3.63, 3.8) is 0 Å². The van der Waals surface area contributed by atoms with Gasteiger partial charge in [-0.1, -0.05) is 0 Å². The van der Waals surface area contributed by atoms with Gasteiger partial charge < -0.3 is 4.42 Å². The van der Waals surface area contributed by atoms with Gasteiger partial charge in [-0.2, -0.15) is 0 Å². The predicted molar refractivity (Wildman–Crippen MR) is 59.3 cm³/mol. The van der Waals surface area contributed by atoms with E-state index < -0.39 is 0 Å². The summed E-state index contributed by atoms with van der Waals surface area (Å²) in [4.78, 5) is 4.40. The topological polar surface area (TPSA) is 64.1 Å². The smallest absolute Gasteiger partial charge is 0.105 e. The monoisotopic (exact) mass is 223 g/mol. The van der Waals surface area contributed by atoms with Crippen LogP contribution in [0.3, 0.4) is 0 Å². The lowest BCUT2D eigenvalue weighted by Gasteiger charge is -2.11. The Bertz CT molecular complexity index is 410. The Labute approximate surface area is 92.1 Å². The molecule has 2 aromatic heterocycles. The molecule has 0 saturated heterocycles. The van der Waals surface area contributed by atoms with Crippen LogP contribution in [0.5, 0.6) is 0 Å². The predicted octanol–water partition coefficient (Wildman–Crippen LogP) is 1.79. The summed E-state index contributed by atoms with van der Waals surface area (Å²) < 4.78 is 5.27. The van der Waals surface area contributed by atoms with E-state index in [1.165, 1.54) is 0 Å². The van der Waals surface area contributed by atoms with Crippen LogP contribution in [-0.4, -0.2) is 4.98 Å². The van der Waals surface area contributed by atoms with E-state index in [4.69, 9.17) is 10.3 Å². The van der Waals surface area contributed by atoms with E-state index in [0.717, 1.165) is 16.5 Å². The molecule has 0 aliphatic carbocycles. The second-order valence-corrected chi connectivity index (χ2v) is 4.36. The molecule has 0 spiro atoms. The van der Waals surface area contributed by atoms with E-state index in [1.807, 2.05) is 24.4 Å². The molecule has 0 aliphatic rings. The first-order valence-electron chi connectivity index (χ1n) is 4.70. The zero-order chi connectivity index (χ0) is 10.7. The number of rotatable bonds is 4. The summed E-state index contributed by atoms with van der Waals surface area (Å²) in [6, 6.07) is 3.82. The molecule has 2 heterocycles. The van der Waals surface area contributed by atoms with Crippen molar-refractivity contribution in [3.05, 3.63) is 40.2 Å². The second kappa shape index (κ2) is 4.57. The van der Waals surface area contributed by atoms with Crippen molar-refractivity contribution >= 4 is 11.3 Å². The first-order chi connectivity index (χ1) is 7.29. The molecule has 5 heteroatoms. The molecule has 2 rings (SSSR count). The summed E-state index contributed by atoms with van der Waals surface area (Å²) in [6.07, 6.45) is 2.38. The fraction of sp³-hybridized carbons (Fsp3) is 0.300. The average Bonchev–Trinajstić information content (AvgIpc) is 2.85. The van der Waals surface area contributed by atoms with Gasteiger partial charge in [0.1, 0.15) is 5.76 Å². The standard InChI is InChI=1S/C10H13N3OS/c1-7-12-10(6-15-7)9(13-11)5-8-3-2-4-14-8/h2-4,6,9,13H,5,11H2,1H3. The highest BCUT2D eigenvalue weighted by atomic mass is 32.1.